The highest BCUT2D eigenvalue weighted by Gasteiger charge is 2.19. The van der Waals surface area contributed by atoms with Crippen molar-refractivity contribution in [2.24, 2.45) is 0 Å². The van der Waals surface area contributed by atoms with Crippen LogP contribution in [0.15, 0.2) is 109 Å². The summed E-state index contributed by atoms with van der Waals surface area (Å²) in [6.45, 7) is 6.41. The molecule has 0 aliphatic rings. The Bertz CT molecular complexity index is 1390. The molecule has 0 N–H and O–H groups in total. The lowest BCUT2D eigenvalue weighted by Gasteiger charge is -2.18. The van der Waals surface area contributed by atoms with Gasteiger partial charge in [0.15, 0.2) is 6.10 Å². The van der Waals surface area contributed by atoms with Gasteiger partial charge in [0.05, 0.1) is 0 Å². The topological polar surface area (TPSA) is 78.9 Å². The predicted molar refractivity (Wildman–Crippen MR) is 288 cm³/mol. The number of esters is 3. The van der Waals surface area contributed by atoms with Gasteiger partial charge in [0.25, 0.3) is 0 Å². The second kappa shape index (κ2) is 54.7. The molecule has 0 amide bonds. The summed E-state index contributed by atoms with van der Waals surface area (Å²) >= 11 is 0. The van der Waals surface area contributed by atoms with E-state index in [1.165, 1.54) is 70.6 Å². The van der Waals surface area contributed by atoms with Crippen LogP contribution in [0.5, 0.6) is 0 Å². The van der Waals surface area contributed by atoms with E-state index in [1.54, 1.807) is 0 Å². The minimum atomic E-state index is -0.804. The van der Waals surface area contributed by atoms with Gasteiger partial charge in [-0.25, -0.2) is 0 Å². The number of unbranched alkanes of at least 4 members (excludes halogenated alkanes) is 22. The molecule has 0 heterocycles. The summed E-state index contributed by atoms with van der Waals surface area (Å²) in [5.74, 6) is -0.956. The maximum atomic E-state index is 12.8. The van der Waals surface area contributed by atoms with Crippen LogP contribution in [0.3, 0.4) is 0 Å². The Balaban J connectivity index is 4.50. The van der Waals surface area contributed by atoms with Crippen LogP contribution >= 0.6 is 0 Å². The van der Waals surface area contributed by atoms with Crippen molar-refractivity contribution in [2.75, 3.05) is 13.2 Å². The third-order valence-electron chi connectivity index (χ3n) is 11.3. The van der Waals surface area contributed by atoms with Crippen LogP contribution in [0.25, 0.3) is 0 Å². The van der Waals surface area contributed by atoms with Crippen molar-refractivity contribution in [3.05, 3.63) is 109 Å². The fraction of sp³-hybridized carbons (Fsp3) is 0.656. The average Bonchev–Trinajstić information content (AvgIpc) is 3.33. The number of hydrogen-bond acceptors (Lipinski definition) is 6. The number of rotatable bonds is 48. The van der Waals surface area contributed by atoms with E-state index in [4.69, 9.17) is 14.2 Å². The second-order valence-electron chi connectivity index (χ2n) is 17.8. The van der Waals surface area contributed by atoms with E-state index in [0.717, 1.165) is 128 Å². The largest absolute Gasteiger partial charge is 0.462 e. The van der Waals surface area contributed by atoms with Gasteiger partial charge in [0.2, 0.25) is 0 Å². The lowest BCUT2D eigenvalue weighted by atomic mass is 10.1. The first-order chi connectivity index (χ1) is 33.0. The van der Waals surface area contributed by atoms with Crippen molar-refractivity contribution in [1.29, 1.82) is 0 Å². The first kappa shape index (κ1) is 63.1. The molecule has 0 aliphatic heterocycles. The van der Waals surface area contributed by atoms with Crippen LogP contribution < -0.4 is 0 Å². The molecule has 0 bridgehead atoms. The van der Waals surface area contributed by atoms with E-state index in [-0.39, 0.29) is 31.1 Å². The van der Waals surface area contributed by atoms with Crippen LogP contribution in [-0.4, -0.2) is 37.2 Å². The zero-order valence-electron chi connectivity index (χ0n) is 43.4. The van der Waals surface area contributed by atoms with E-state index < -0.39 is 6.10 Å². The van der Waals surface area contributed by atoms with Crippen molar-refractivity contribution in [3.63, 3.8) is 0 Å². The molecule has 6 heteroatoms. The summed E-state index contributed by atoms with van der Waals surface area (Å²) in [6.07, 6.45) is 73.5. The molecule has 0 aromatic rings. The summed E-state index contributed by atoms with van der Waals surface area (Å²) in [5, 5.41) is 0. The molecule has 0 aromatic carbocycles. The Kier molecular flexibility index (Phi) is 51.5. The Morgan fingerprint density at radius 1 is 0.328 bits per heavy atom. The Labute approximate surface area is 412 Å². The van der Waals surface area contributed by atoms with Gasteiger partial charge >= 0.3 is 17.9 Å². The molecule has 67 heavy (non-hydrogen) atoms. The van der Waals surface area contributed by atoms with E-state index >= 15 is 0 Å². The highest BCUT2D eigenvalue weighted by Crippen LogP contribution is 2.14. The van der Waals surface area contributed by atoms with Gasteiger partial charge < -0.3 is 14.2 Å². The SMILES string of the molecule is CC/C=C\C/C=C\C/C=C\CCCCCCC(=O)OCC(COC(=O)CCCCCCC\C=C/C=C\C=C/C=C\CCCCC)OC(=O)CCCCCCCCC/C=C\C/C=C\CCCCC. The van der Waals surface area contributed by atoms with Crippen LogP contribution in [0.1, 0.15) is 239 Å². The van der Waals surface area contributed by atoms with Crippen LogP contribution in [0.2, 0.25) is 0 Å². The van der Waals surface area contributed by atoms with Gasteiger partial charge in [-0.2, -0.15) is 0 Å². The molecule has 0 radical (unpaired) electrons. The van der Waals surface area contributed by atoms with Gasteiger partial charge in [-0.05, 0) is 109 Å². The minimum Gasteiger partial charge on any atom is -0.462 e. The number of carbonyl (C=O) groups excluding carboxylic acids is 3. The molecular formula is C61H100O6. The molecule has 0 fully saturated rings. The molecule has 380 valence electrons. The predicted octanol–water partition coefficient (Wildman–Crippen LogP) is 18.3. The van der Waals surface area contributed by atoms with Gasteiger partial charge in [-0.1, -0.05) is 220 Å². The van der Waals surface area contributed by atoms with Crippen molar-refractivity contribution >= 4 is 17.9 Å². The third-order valence-corrected chi connectivity index (χ3v) is 11.3. The Hall–Kier alpha value is -3.93. The lowest BCUT2D eigenvalue weighted by molar-refractivity contribution is -0.167. The molecule has 0 aliphatic carbocycles. The molecule has 0 aromatic heterocycles. The first-order valence-electron chi connectivity index (χ1n) is 27.4. The fourth-order valence-electron chi connectivity index (χ4n) is 7.20. The van der Waals surface area contributed by atoms with Gasteiger partial charge in [0, 0.05) is 19.3 Å². The number of ether oxygens (including phenoxy) is 3. The Morgan fingerprint density at radius 2 is 0.642 bits per heavy atom. The van der Waals surface area contributed by atoms with Crippen molar-refractivity contribution in [2.45, 2.75) is 245 Å². The van der Waals surface area contributed by atoms with E-state index in [1.807, 2.05) is 0 Å². The molecular weight excluding hydrogens is 829 g/mol. The summed E-state index contributed by atoms with van der Waals surface area (Å²) in [7, 11) is 0. The summed E-state index contributed by atoms with van der Waals surface area (Å²) in [4.78, 5) is 38.1. The van der Waals surface area contributed by atoms with Gasteiger partial charge in [-0.15, -0.1) is 0 Å². The fourth-order valence-corrected chi connectivity index (χ4v) is 7.20. The van der Waals surface area contributed by atoms with E-state index in [9.17, 15) is 14.4 Å². The van der Waals surface area contributed by atoms with Crippen LogP contribution in [0.4, 0.5) is 0 Å². The molecule has 0 saturated carbocycles. The molecule has 0 saturated heterocycles. The Morgan fingerprint density at radius 3 is 1.04 bits per heavy atom. The summed E-state index contributed by atoms with van der Waals surface area (Å²) < 4.78 is 16.8. The quantitative estimate of drug-likeness (QED) is 0.0199. The van der Waals surface area contributed by atoms with E-state index in [2.05, 4.69) is 130 Å². The zero-order valence-corrected chi connectivity index (χ0v) is 43.4. The number of hydrogen-bond donors (Lipinski definition) is 0. The summed E-state index contributed by atoms with van der Waals surface area (Å²) in [6, 6.07) is 0. The molecule has 6 nitrogen and oxygen atoms in total. The maximum Gasteiger partial charge on any atom is 0.306 e. The van der Waals surface area contributed by atoms with Crippen molar-refractivity contribution in [1.82, 2.24) is 0 Å². The summed E-state index contributed by atoms with van der Waals surface area (Å²) in [5.41, 5.74) is 0. The molecule has 0 spiro atoms. The average molecular weight is 929 g/mol. The second-order valence-corrected chi connectivity index (χ2v) is 17.8. The monoisotopic (exact) mass is 929 g/mol. The van der Waals surface area contributed by atoms with Gasteiger partial charge in [-0.3, -0.25) is 14.4 Å². The highest BCUT2D eigenvalue weighted by atomic mass is 16.6. The van der Waals surface area contributed by atoms with Crippen molar-refractivity contribution in [3.8, 4) is 0 Å². The standard InChI is InChI=1S/C61H100O6/c1-4-7-10-13-16-19-22-25-28-30-32-33-36-39-42-45-48-51-54-60(63)66-57-58(56-65-59(62)53-50-47-44-41-38-35-27-24-21-18-15-12-9-6-3)67-61(64)55-52-49-46-43-40-37-34-31-29-26-23-20-17-14-11-8-5-2/h9,12,16-22,25-30,32-33,35,58H,4-8,10-11,13-15,23-24,31,34,36-57H2,1-3H3/b12-9-,19-16-,20-17-,21-18-,25-22-,29-26-,30-28-,33-32-,35-27-. The highest BCUT2D eigenvalue weighted by molar-refractivity contribution is 5.71. The van der Waals surface area contributed by atoms with Crippen LogP contribution in [-0.2, 0) is 28.6 Å². The van der Waals surface area contributed by atoms with Gasteiger partial charge in [0.1, 0.15) is 13.2 Å². The van der Waals surface area contributed by atoms with Crippen molar-refractivity contribution < 1.29 is 28.6 Å². The lowest BCUT2D eigenvalue weighted by Crippen LogP contribution is -2.30. The molecule has 1 atom stereocenters. The zero-order chi connectivity index (χ0) is 48.6. The first-order valence-corrected chi connectivity index (χ1v) is 27.4. The van der Waals surface area contributed by atoms with Crippen LogP contribution in [0, 0.1) is 0 Å². The van der Waals surface area contributed by atoms with E-state index in [0.29, 0.717) is 19.3 Å². The smallest absolute Gasteiger partial charge is 0.306 e. The molecule has 0 rings (SSSR count). The maximum absolute atomic E-state index is 12.8. The molecule has 1 unspecified atom stereocenters. The normalized spacial score (nSPS) is 12.9. The third kappa shape index (κ3) is 52.9. The minimum absolute atomic E-state index is 0.103. The number of allylic oxidation sites excluding steroid dienone is 18. The number of carbonyl (C=O) groups is 3.